The standard InChI is InChI=1S/C10H12N6O2/c11-9(17)15-13-5-7-2-1-3-8(4-7)6-14-16-10(12)18/h1-6H,(H3,11,15,17)(H3,12,16,18)/b13-5-,14-6-. The molecule has 0 aliphatic carbocycles. The Morgan fingerprint density at radius 3 is 1.83 bits per heavy atom. The van der Waals surface area contributed by atoms with E-state index in [1.165, 1.54) is 12.4 Å². The summed E-state index contributed by atoms with van der Waals surface area (Å²) in [6, 6.07) is 5.55. The molecule has 18 heavy (non-hydrogen) atoms. The van der Waals surface area contributed by atoms with Crippen molar-refractivity contribution in [2.45, 2.75) is 0 Å². The lowest BCUT2D eigenvalue weighted by atomic mass is 10.1. The van der Waals surface area contributed by atoms with E-state index in [9.17, 15) is 9.59 Å². The van der Waals surface area contributed by atoms with E-state index in [2.05, 4.69) is 21.1 Å². The van der Waals surface area contributed by atoms with Crippen LogP contribution in [0.5, 0.6) is 0 Å². The minimum absolute atomic E-state index is 0.728. The molecule has 4 amide bonds. The molecule has 0 atom stereocenters. The maximum Gasteiger partial charge on any atom is 0.332 e. The first-order valence-corrected chi connectivity index (χ1v) is 4.85. The Kier molecular flexibility index (Phi) is 4.85. The number of hydrogen-bond donors (Lipinski definition) is 4. The molecule has 8 nitrogen and oxygen atoms in total. The molecule has 8 heteroatoms. The molecule has 0 aromatic heterocycles. The molecule has 0 aliphatic rings. The van der Waals surface area contributed by atoms with E-state index in [4.69, 9.17) is 11.5 Å². The van der Waals surface area contributed by atoms with Gasteiger partial charge >= 0.3 is 12.1 Å². The van der Waals surface area contributed by atoms with Gasteiger partial charge in [0.25, 0.3) is 0 Å². The van der Waals surface area contributed by atoms with E-state index in [1.54, 1.807) is 24.3 Å². The van der Waals surface area contributed by atoms with E-state index in [-0.39, 0.29) is 0 Å². The first-order chi connectivity index (χ1) is 8.58. The third-order valence-corrected chi connectivity index (χ3v) is 1.69. The number of hydrogen-bond acceptors (Lipinski definition) is 4. The Morgan fingerprint density at radius 2 is 1.44 bits per heavy atom. The average molecular weight is 248 g/mol. The molecule has 0 heterocycles. The molecule has 1 aromatic rings. The first kappa shape index (κ1) is 13.2. The number of benzene rings is 1. The molecular formula is C10H12N6O2. The molecule has 1 rings (SSSR count). The monoisotopic (exact) mass is 248 g/mol. The quantitative estimate of drug-likeness (QED) is 0.429. The minimum atomic E-state index is -0.741. The van der Waals surface area contributed by atoms with Crippen LogP contribution in [-0.2, 0) is 0 Å². The lowest BCUT2D eigenvalue weighted by molar-refractivity contribution is 0.248. The van der Waals surface area contributed by atoms with E-state index < -0.39 is 12.1 Å². The summed E-state index contributed by atoms with van der Waals surface area (Å²) in [5, 5.41) is 7.21. The van der Waals surface area contributed by atoms with Gasteiger partial charge in [-0.3, -0.25) is 0 Å². The molecule has 0 saturated heterocycles. The maximum atomic E-state index is 10.4. The molecule has 94 valence electrons. The summed E-state index contributed by atoms with van der Waals surface area (Å²) in [6.45, 7) is 0. The normalized spacial score (nSPS) is 10.7. The number of nitrogens with two attached hydrogens (primary N) is 2. The summed E-state index contributed by atoms with van der Waals surface area (Å²) in [5.74, 6) is 0. The predicted octanol–water partition coefficient (Wildman–Crippen LogP) is -0.309. The van der Waals surface area contributed by atoms with E-state index in [0.717, 1.165) is 11.1 Å². The average Bonchev–Trinajstić information content (AvgIpc) is 2.28. The summed E-state index contributed by atoms with van der Waals surface area (Å²) < 4.78 is 0. The number of amides is 4. The largest absolute Gasteiger partial charge is 0.350 e. The predicted molar refractivity (Wildman–Crippen MR) is 67.1 cm³/mol. The van der Waals surface area contributed by atoms with Crippen LogP contribution >= 0.6 is 0 Å². The summed E-state index contributed by atoms with van der Waals surface area (Å²) in [7, 11) is 0. The van der Waals surface area contributed by atoms with Gasteiger partial charge in [-0.05, 0) is 17.2 Å². The highest BCUT2D eigenvalue weighted by Gasteiger charge is 1.92. The molecule has 6 N–H and O–H groups in total. The van der Waals surface area contributed by atoms with Crippen molar-refractivity contribution in [1.29, 1.82) is 0 Å². The van der Waals surface area contributed by atoms with Gasteiger partial charge < -0.3 is 11.5 Å². The van der Waals surface area contributed by atoms with Crippen LogP contribution < -0.4 is 22.3 Å². The Morgan fingerprint density at radius 1 is 1.00 bits per heavy atom. The summed E-state index contributed by atoms with van der Waals surface area (Å²) in [6.07, 6.45) is 2.84. The van der Waals surface area contributed by atoms with Crippen molar-refractivity contribution < 1.29 is 9.59 Å². The second kappa shape index (κ2) is 6.63. The van der Waals surface area contributed by atoms with Gasteiger partial charge in [-0.15, -0.1) is 0 Å². The zero-order valence-electron chi connectivity index (χ0n) is 9.33. The zero-order chi connectivity index (χ0) is 13.4. The number of carbonyl (C=O) groups is 2. The summed E-state index contributed by atoms with van der Waals surface area (Å²) in [5.41, 5.74) is 15.3. The second-order valence-electron chi connectivity index (χ2n) is 3.14. The van der Waals surface area contributed by atoms with Gasteiger partial charge in [-0.2, -0.15) is 10.2 Å². The lowest BCUT2D eigenvalue weighted by Crippen LogP contribution is -2.24. The molecule has 1 aromatic carbocycles. The lowest BCUT2D eigenvalue weighted by Gasteiger charge is -1.96. The van der Waals surface area contributed by atoms with Gasteiger partial charge in [-0.25, -0.2) is 20.4 Å². The van der Waals surface area contributed by atoms with Crippen LogP contribution in [0, 0.1) is 0 Å². The molecule has 0 saturated carbocycles. The molecule has 0 aliphatic heterocycles. The van der Waals surface area contributed by atoms with Crippen LogP contribution in [0.4, 0.5) is 9.59 Å². The van der Waals surface area contributed by atoms with Crippen LogP contribution in [-0.4, -0.2) is 24.5 Å². The van der Waals surface area contributed by atoms with Crippen molar-refractivity contribution in [2.75, 3.05) is 0 Å². The molecular weight excluding hydrogens is 236 g/mol. The third kappa shape index (κ3) is 5.26. The topological polar surface area (TPSA) is 135 Å². The van der Waals surface area contributed by atoms with Crippen molar-refractivity contribution in [3.63, 3.8) is 0 Å². The second-order valence-corrected chi connectivity index (χ2v) is 3.14. The summed E-state index contributed by atoms with van der Waals surface area (Å²) in [4.78, 5) is 20.8. The Labute approximate surface area is 103 Å². The van der Waals surface area contributed by atoms with Crippen LogP contribution in [0.2, 0.25) is 0 Å². The Hall–Kier alpha value is -2.90. The number of primary amides is 2. The fourth-order valence-corrected chi connectivity index (χ4v) is 1.06. The van der Waals surface area contributed by atoms with Crippen molar-refractivity contribution in [3.05, 3.63) is 35.4 Å². The van der Waals surface area contributed by atoms with Gasteiger partial charge in [0.05, 0.1) is 12.4 Å². The van der Waals surface area contributed by atoms with Gasteiger partial charge in [-0.1, -0.05) is 18.2 Å². The third-order valence-electron chi connectivity index (χ3n) is 1.69. The fourth-order valence-electron chi connectivity index (χ4n) is 1.06. The van der Waals surface area contributed by atoms with Crippen molar-refractivity contribution in [2.24, 2.45) is 21.7 Å². The molecule has 0 fully saturated rings. The first-order valence-electron chi connectivity index (χ1n) is 4.85. The number of nitrogens with one attached hydrogen (secondary N) is 2. The fraction of sp³-hybridized carbons (Fsp3) is 0. The van der Waals surface area contributed by atoms with Crippen LogP contribution in [0.15, 0.2) is 34.5 Å². The van der Waals surface area contributed by atoms with Gasteiger partial charge in [0, 0.05) is 0 Å². The van der Waals surface area contributed by atoms with Gasteiger partial charge in [0.2, 0.25) is 0 Å². The molecule has 0 spiro atoms. The highest BCUT2D eigenvalue weighted by atomic mass is 16.2. The van der Waals surface area contributed by atoms with Gasteiger partial charge in [0.1, 0.15) is 0 Å². The van der Waals surface area contributed by atoms with Crippen molar-refractivity contribution in [1.82, 2.24) is 10.9 Å². The highest BCUT2D eigenvalue weighted by Crippen LogP contribution is 2.00. The molecule has 0 unspecified atom stereocenters. The van der Waals surface area contributed by atoms with E-state index >= 15 is 0 Å². The maximum absolute atomic E-state index is 10.4. The summed E-state index contributed by atoms with van der Waals surface area (Å²) >= 11 is 0. The molecule has 0 radical (unpaired) electrons. The Bertz CT molecular complexity index is 456. The highest BCUT2D eigenvalue weighted by molar-refractivity contribution is 5.87. The van der Waals surface area contributed by atoms with Crippen LogP contribution in [0.3, 0.4) is 0 Å². The number of nitrogens with zero attached hydrogens (tertiary/aromatic N) is 2. The van der Waals surface area contributed by atoms with Crippen LogP contribution in [0.25, 0.3) is 0 Å². The minimum Gasteiger partial charge on any atom is -0.350 e. The number of hydrazone groups is 2. The SMILES string of the molecule is NC(=O)N/N=C\c1cccc(/C=N\NC(N)=O)c1. The van der Waals surface area contributed by atoms with Crippen molar-refractivity contribution in [3.8, 4) is 0 Å². The van der Waals surface area contributed by atoms with Crippen LogP contribution in [0.1, 0.15) is 11.1 Å². The molecule has 0 bridgehead atoms. The zero-order valence-corrected chi connectivity index (χ0v) is 9.33. The van der Waals surface area contributed by atoms with E-state index in [0.29, 0.717) is 0 Å². The number of carbonyl (C=O) groups excluding carboxylic acids is 2. The van der Waals surface area contributed by atoms with Crippen molar-refractivity contribution >= 4 is 24.5 Å². The number of urea groups is 2. The Balaban J connectivity index is 2.67. The number of rotatable bonds is 4. The smallest absolute Gasteiger partial charge is 0.332 e. The van der Waals surface area contributed by atoms with E-state index in [1.807, 2.05) is 0 Å². The van der Waals surface area contributed by atoms with Gasteiger partial charge in [0.15, 0.2) is 0 Å².